The molecular weight excluding hydrogens is 266 g/mol. The minimum atomic E-state index is 0.301. The molecule has 6 nitrogen and oxygen atoms in total. The minimum Gasteiger partial charge on any atom is -0.404 e. The Morgan fingerprint density at radius 3 is 2.90 bits per heavy atom. The van der Waals surface area contributed by atoms with Gasteiger partial charge in [-0.2, -0.15) is 4.98 Å². The number of nitrogens with one attached hydrogen (secondary N) is 1. The van der Waals surface area contributed by atoms with Crippen LogP contribution in [0.4, 0.5) is 0 Å². The Labute approximate surface area is 122 Å². The molecule has 0 atom stereocenters. The highest BCUT2D eigenvalue weighted by Gasteiger charge is 2.09. The van der Waals surface area contributed by atoms with Gasteiger partial charge in [0.05, 0.1) is 5.52 Å². The van der Waals surface area contributed by atoms with Gasteiger partial charge < -0.3 is 10.1 Å². The molecule has 0 amide bonds. The van der Waals surface area contributed by atoms with Gasteiger partial charge >= 0.3 is 6.01 Å². The molecule has 0 radical (unpaired) electrons. The number of pyridine rings is 1. The molecule has 0 saturated carbocycles. The predicted molar refractivity (Wildman–Crippen MR) is 80.2 cm³/mol. The third kappa shape index (κ3) is 3.00. The van der Waals surface area contributed by atoms with Crippen molar-refractivity contribution in [1.29, 1.82) is 0 Å². The Bertz CT molecular complexity index is 753. The van der Waals surface area contributed by atoms with E-state index in [1.54, 1.807) is 18.1 Å². The maximum Gasteiger partial charge on any atom is 0.342 e. The normalized spacial score (nSPS) is 11.0. The number of ether oxygens (including phenoxy) is 1. The van der Waals surface area contributed by atoms with E-state index >= 15 is 0 Å². The number of hydrogen-bond acceptors (Lipinski definition) is 5. The molecule has 0 saturated heterocycles. The van der Waals surface area contributed by atoms with Crippen LogP contribution >= 0.6 is 0 Å². The zero-order valence-corrected chi connectivity index (χ0v) is 12.1. The number of rotatable bonds is 5. The zero-order valence-electron chi connectivity index (χ0n) is 12.1. The van der Waals surface area contributed by atoms with Gasteiger partial charge in [0.2, 0.25) is 5.88 Å². The summed E-state index contributed by atoms with van der Waals surface area (Å²) in [6.45, 7) is 3.76. The molecule has 21 heavy (non-hydrogen) atoms. The summed E-state index contributed by atoms with van der Waals surface area (Å²) in [6.07, 6.45) is 1.59. The van der Waals surface area contributed by atoms with Crippen molar-refractivity contribution in [3.63, 3.8) is 0 Å². The lowest BCUT2D eigenvalue weighted by molar-refractivity contribution is 0.423. The molecule has 2 aromatic heterocycles. The molecule has 2 heterocycles. The fourth-order valence-electron chi connectivity index (χ4n) is 2.14. The van der Waals surface area contributed by atoms with E-state index in [9.17, 15) is 0 Å². The molecule has 1 N–H and O–H groups in total. The van der Waals surface area contributed by atoms with Crippen molar-refractivity contribution in [2.45, 2.75) is 13.5 Å². The van der Waals surface area contributed by atoms with Crippen LogP contribution in [0.2, 0.25) is 0 Å². The zero-order chi connectivity index (χ0) is 14.7. The topological polar surface area (TPSA) is 64.9 Å². The number of nitrogens with zero attached hydrogens (tertiary/aromatic N) is 4. The molecule has 0 unspecified atom stereocenters. The number of fused-ring (bicyclic) bond motifs is 1. The monoisotopic (exact) mass is 283 g/mol. The number of aryl methyl sites for hydroxylation is 1. The average molecular weight is 283 g/mol. The third-order valence-electron chi connectivity index (χ3n) is 3.12. The summed E-state index contributed by atoms with van der Waals surface area (Å²) in [7, 11) is 1.80. The molecule has 3 aromatic rings. The van der Waals surface area contributed by atoms with Crippen LogP contribution in [0.3, 0.4) is 0 Å². The van der Waals surface area contributed by atoms with Gasteiger partial charge in [0.15, 0.2) is 0 Å². The Morgan fingerprint density at radius 1 is 1.29 bits per heavy atom. The molecule has 0 aliphatic heterocycles. The summed E-state index contributed by atoms with van der Waals surface area (Å²) in [5.74, 6) is 0.507. The first kappa shape index (κ1) is 13.5. The second-order valence-corrected chi connectivity index (χ2v) is 4.72. The largest absolute Gasteiger partial charge is 0.404 e. The Kier molecular flexibility index (Phi) is 3.79. The molecule has 0 aliphatic carbocycles. The Balaban J connectivity index is 1.98. The van der Waals surface area contributed by atoms with E-state index in [0.29, 0.717) is 11.9 Å². The lowest BCUT2D eigenvalue weighted by atomic mass is 10.1. The van der Waals surface area contributed by atoms with Crippen LogP contribution in [-0.2, 0) is 13.6 Å². The van der Waals surface area contributed by atoms with Crippen LogP contribution in [0, 0.1) is 0 Å². The molecule has 6 heteroatoms. The maximum atomic E-state index is 5.65. The number of hydrogen-bond donors (Lipinski definition) is 1. The van der Waals surface area contributed by atoms with Crippen molar-refractivity contribution in [3.8, 4) is 11.9 Å². The van der Waals surface area contributed by atoms with Crippen molar-refractivity contribution in [1.82, 2.24) is 25.1 Å². The van der Waals surface area contributed by atoms with Gasteiger partial charge in [-0.05, 0) is 18.2 Å². The van der Waals surface area contributed by atoms with Crippen LogP contribution < -0.4 is 10.1 Å². The van der Waals surface area contributed by atoms with E-state index in [4.69, 9.17) is 4.74 Å². The van der Waals surface area contributed by atoms with Gasteiger partial charge in [-0.3, -0.25) is 4.68 Å². The molecule has 3 rings (SSSR count). The average Bonchev–Trinajstić information content (AvgIpc) is 2.90. The highest BCUT2D eigenvalue weighted by atomic mass is 16.5. The van der Waals surface area contributed by atoms with E-state index in [0.717, 1.165) is 29.6 Å². The second kappa shape index (κ2) is 5.88. The second-order valence-electron chi connectivity index (χ2n) is 4.72. The van der Waals surface area contributed by atoms with E-state index in [1.807, 2.05) is 24.3 Å². The SMILES string of the molecule is CCNCc1cc(Oc2ncn(C)n2)nc2ccccc12. The van der Waals surface area contributed by atoms with Gasteiger partial charge in [0.25, 0.3) is 0 Å². The summed E-state index contributed by atoms with van der Waals surface area (Å²) in [5, 5.41) is 8.56. The maximum absolute atomic E-state index is 5.65. The molecule has 0 spiro atoms. The summed E-state index contributed by atoms with van der Waals surface area (Å²) in [6, 6.07) is 10.3. The first-order valence-electron chi connectivity index (χ1n) is 6.89. The van der Waals surface area contributed by atoms with Crippen molar-refractivity contribution in [2.75, 3.05) is 6.54 Å². The lowest BCUT2D eigenvalue weighted by Crippen LogP contribution is -2.12. The smallest absolute Gasteiger partial charge is 0.342 e. The number of benzene rings is 1. The van der Waals surface area contributed by atoms with E-state index in [2.05, 4.69) is 33.4 Å². The molecule has 0 aliphatic rings. The number of aromatic nitrogens is 4. The van der Waals surface area contributed by atoms with Gasteiger partial charge in [0, 0.05) is 25.0 Å². The molecule has 0 bridgehead atoms. The summed E-state index contributed by atoms with van der Waals surface area (Å²) in [4.78, 5) is 8.57. The fourth-order valence-corrected chi connectivity index (χ4v) is 2.14. The van der Waals surface area contributed by atoms with Crippen molar-refractivity contribution < 1.29 is 4.74 Å². The van der Waals surface area contributed by atoms with Crippen LogP contribution in [-0.4, -0.2) is 26.3 Å². The summed E-state index contributed by atoms with van der Waals surface area (Å²) >= 11 is 0. The summed E-state index contributed by atoms with van der Waals surface area (Å²) in [5.41, 5.74) is 2.05. The first-order valence-corrected chi connectivity index (χ1v) is 6.89. The molecule has 0 fully saturated rings. The van der Waals surface area contributed by atoms with Gasteiger partial charge in [-0.1, -0.05) is 25.1 Å². The van der Waals surface area contributed by atoms with Crippen molar-refractivity contribution in [2.24, 2.45) is 7.05 Å². The standard InChI is InChI=1S/C15H17N5O/c1-3-16-9-11-8-14(21-15-17-10-20(2)19-15)18-13-7-5-4-6-12(11)13/h4-8,10,16H,3,9H2,1-2H3. The Morgan fingerprint density at radius 2 is 2.14 bits per heavy atom. The van der Waals surface area contributed by atoms with E-state index < -0.39 is 0 Å². The third-order valence-corrected chi connectivity index (χ3v) is 3.12. The van der Waals surface area contributed by atoms with Gasteiger partial charge in [-0.15, -0.1) is 5.10 Å². The van der Waals surface area contributed by atoms with E-state index in [1.165, 1.54) is 0 Å². The van der Waals surface area contributed by atoms with Crippen LogP contribution in [0.15, 0.2) is 36.7 Å². The van der Waals surface area contributed by atoms with Crippen molar-refractivity contribution >= 4 is 10.9 Å². The van der Waals surface area contributed by atoms with E-state index in [-0.39, 0.29) is 0 Å². The highest BCUT2D eigenvalue weighted by molar-refractivity contribution is 5.82. The first-order chi connectivity index (χ1) is 10.3. The highest BCUT2D eigenvalue weighted by Crippen LogP contribution is 2.24. The number of para-hydroxylation sites is 1. The molecule has 1 aromatic carbocycles. The minimum absolute atomic E-state index is 0.301. The van der Waals surface area contributed by atoms with Gasteiger partial charge in [-0.25, -0.2) is 4.98 Å². The molecule has 108 valence electrons. The quantitative estimate of drug-likeness (QED) is 0.778. The molecular formula is C15H17N5O. The van der Waals surface area contributed by atoms with Crippen LogP contribution in [0.25, 0.3) is 10.9 Å². The van der Waals surface area contributed by atoms with Crippen molar-refractivity contribution in [3.05, 3.63) is 42.2 Å². The fraction of sp³-hybridized carbons (Fsp3) is 0.267. The lowest BCUT2D eigenvalue weighted by Gasteiger charge is -2.09. The Hall–Kier alpha value is -2.47. The summed E-state index contributed by atoms with van der Waals surface area (Å²) < 4.78 is 7.24. The van der Waals surface area contributed by atoms with Crippen LogP contribution in [0.1, 0.15) is 12.5 Å². The van der Waals surface area contributed by atoms with Crippen LogP contribution in [0.5, 0.6) is 11.9 Å². The predicted octanol–water partition coefficient (Wildman–Crippen LogP) is 2.27. The van der Waals surface area contributed by atoms with Gasteiger partial charge in [0.1, 0.15) is 6.33 Å².